The van der Waals surface area contributed by atoms with Gasteiger partial charge in [-0.15, -0.1) is 0 Å². The summed E-state index contributed by atoms with van der Waals surface area (Å²) in [5.74, 6) is 1.50. The Hall–Kier alpha value is -1.81. The topological polar surface area (TPSA) is 35.5 Å². The highest BCUT2D eigenvalue weighted by Gasteiger charge is 2.29. The van der Waals surface area contributed by atoms with Gasteiger partial charge in [0.15, 0.2) is 5.78 Å². The average molecular weight is 347 g/mol. The van der Waals surface area contributed by atoms with E-state index in [-0.39, 0.29) is 11.7 Å². The number of halogens is 1. The lowest BCUT2D eigenvalue weighted by atomic mass is 9.86. The van der Waals surface area contributed by atoms with Gasteiger partial charge in [-0.2, -0.15) is 0 Å². The fourth-order valence-corrected chi connectivity index (χ4v) is 3.18. The minimum Gasteiger partial charge on any atom is -0.497 e. The number of methoxy groups -OCH3 is 1. The second-order valence-corrected chi connectivity index (χ2v) is 5.79. The Bertz CT molecular complexity index is 681. The summed E-state index contributed by atoms with van der Waals surface area (Å²) in [6.45, 7) is 0.571. The number of ether oxygens (including phenoxy) is 2. The maximum atomic E-state index is 12.9. The summed E-state index contributed by atoms with van der Waals surface area (Å²) in [7, 11) is 1.61. The highest BCUT2D eigenvalue weighted by atomic mass is 79.9. The second kappa shape index (κ2) is 5.90. The molecule has 0 radical (unpaired) electrons. The van der Waals surface area contributed by atoms with Crippen LogP contribution in [-0.2, 0) is 0 Å². The highest BCUT2D eigenvalue weighted by molar-refractivity contribution is 9.10. The van der Waals surface area contributed by atoms with Crippen molar-refractivity contribution in [1.29, 1.82) is 0 Å². The maximum Gasteiger partial charge on any atom is 0.171 e. The monoisotopic (exact) mass is 346 g/mol. The van der Waals surface area contributed by atoms with Crippen molar-refractivity contribution in [2.24, 2.45) is 0 Å². The van der Waals surface area contributed by atoms with Gasteiger partial charge in [0.1, 0.15) is 11.5 Å². The molecule has 0 spiro atoms. The number of fused-ring (bicyclic) bond motifs is 1. The fourth-order valence-electron chi connectivity index (χ4n) is 2.62. The first-order valence-corrected chi connectivity index (χ1v) is 7.59. The first-order valence-electron chi connectivity index (χ1n) is 6.80. The van der Waals surface area contributed by atoms with Crippen LogP contribution in [0.25, 0.3) is 0 Å². The van der Waals surface area contributed by atoms with E-state index in [1.54, 1.807) is 7.11 Å². The van der Waals surface area contributed by atoms with Crippen molar-refractivity contribution in [3.8, 4) is 11.5 Å². The SMILES string of the molecule is COc1ccc(C(=O)C2CCOc3ccccc32)c(Br)c1. The smallest absolute Gasteiger partial charge is 0.171 e. The Morgan fingerprint density at radius 3 is 2.86 bits per heavy atom. The third-order valence-electron chi connectivity index (χ3n) is 3.72. The molecule has 1 aliphatic rings. The maximum absolute atomic E-state index is 12.9. The summed E-state index contributed by atoms with van der Waals surface area (Å²) in [5.41, 5.74) is 1.65. The van der Waals surface area contributed by atoms with Gasteiger partial charge in [0.2, 0.25) is 0 Å². The number of hydrogen-bond acceptors (Lipinski definition) is 3. The number of Topliss-reactive ketones (excluding diaryl/α,β-unsaturated/α-hetero) is 1. The van der Waals surface area contributed by atoms with Crippen LogP contribution in [0.3, 0.4) is 0 Å². The molecule has 0 fully saturated rings. The molecule has 0 bridgehead atoms. The van der Waals surface area contributed by atoms with Crippen LogP contribution in [0.1, 0.15) is 28.3 Å². The van der Waals surface area contributed by atoms with Gasteiger partial charge in [-0.05, 0) is 46.6 Å². The van der Waals surface area contributed by atoms with Gasteiger partial charge in [0, 0.05) is 15.6 Å². The van der Waals surface area contributed by atoms with Crippen molar-refractivity contribution < 1.29 is 14.3 Å². The number of ketones is 1. The van der Waals surface area contributed by atoms with Crippen molar-refractivity contribution in [1.82, 2.24) is 0 Å². The molecule has 0 amide bonds. The van der Waals surface area contributed by atoms with Gasteiger partial charge in [0.05, 0.1) is 19.6 Å². The standard InChI is InChI=1S/C17H15BrO3/c1-20-11-6-7-14(15(18)10-11)17(19)13-8-9-21-16-5-3-2-4-12(13)16/h2-7,10,13H,8-9H2,1H3. The fraction of sp³-hybridized carbons (Fsp3) is 0.235. The first-order chi connectivity index (χ1) is 10.2. The predicted octanol–water partition coefficient (Wildman–Crippen LogP) is 4.21. The number of carbonyl (C=O) groups is 1. The molecule has 0 N–H and O–H groups in total. The van der Waals surface area contributed by atoms with E-state index in [1.807, 2.05) is 42.5 Å². The Morgan fingerprint density at radius 1 is 1.29 bits per heavy atom. The van der Waals surface area contributed by atoms with Crippen LogP contribution in [0.4, 0.5) is 0 Å². The van der Waals surface area contributed by atoms with Gasteiger partial charge < -0.3 is 9.47 Å². The molecule has 2 aromatic carbocycles. The summed E-state index contributed by atoms with van der Waals surface area (Å²) in [6.07, 6.45) is 0.703. The highest BCUT2D eigenvalue weighted by Crippen LogP contribution is 2.37. The molecule has 4 heteroatoms. The summed E-state index contributed by atoms with van der Waals surface area (Å²) in [5, 5.41) is 0. The van der Waals surface area contributed by atoms with Crippen LogP contribution in [-0.4, -0.2) is 19.5 Å². The molecular formula is C17H15BrO3. The largest absolute Gasteiger partial charge is 0.497 e. The lowest BCUT2D eigenvalue weighted by molar-refractivity contribution is 0.0932. The van der Waals surface area contributed by atoms with Gasteiger partial charge in [-0.3, -0.25) is 4.79 Å². The lowest BCUT2D eigenvalue weighted by Crippen LogP contribution is -2.21. The van der Waals surface area contributed by atoms with Crippen LogP contribution in [0, 0.1) is 0 Å². The second-order valence-electron chi connectivity index (χ2n) is 4.94. The van der Waals surface area contributed by atoms with E-state index >= 15 is 0 Å². The average Bonchev–Trinajstić information content (AvgIpc) is 2.53. The van der Waals surface area contributed by atoms with E-state index in [9.17, 15) is 4.79 Å². The van der Waals surface area contributed by atoms with E-state index in [0.29, 0.717) is 18.6 Å². The Morgan fingerprint density at radius 2 is 2.10 bits per heavy atom. The zero-order valence-electron chi connectivity index (χ0n) is 11.6. The van der Waals surface area contributed by atoms with Crippen molar-refractivity contribution >= 4 is 21.7 Å². The molecule has 108 valence electrons. The quantitative estimate of drug-likeness (QED) is 0.781. The zero-order chi connectivity index (χ0) is 14.8. The van der Waals surface area contributed by atoms with E-state index in [2.05, 4.69) is 15.9 Å². The van der Waals surface area contributed by atoms with E-state index in [1.165, 1.54) is 0 Å². The third-order valence-corrected chi connectivity index (χ3v) is 4.37. The molecular weight excluding hydrogens is 332 g/mol. The summed E-state index contributed by atoms with van der Waals surface area (Å²) >= 11 is 3.46. The molecule has 1 aliphatic heterocycles. The number of carbonyl (C=O) groups excluding carboxylic acids is 1. The van der Waals surface area contributed by atoms with Crippen LogP contribution in [0.2, 0.25) is 0 Å². The molecule has 21 heavy (non-hydrogen) atoms. The Kier molecular flexibility index (Phi) is 3.97. The number of rotatable bonds is 3. The van der Waals surface area contributed by atoms with Crippen LogP contribution in [0.5, 0.6) is 11.5 Å². The van der Waals surface area contributed by atoms with Gasteiger partial charge in [0.25, 0.3) is 0 Å². The van der Waals surface area contributed by atoms with E-state index in [4.69, 9.17) is 9.47 Å². The number of hydrogen-bond donors (Lipinski definition) is 0. The molecule has 0 aromatic heterocycles. The Balaban J connectivity index is 1.97. The molecule has 1 atom stereocenters. The molecule has 2 aromatic rings. The minimum atomic E-state index is -0.153. The molecule has 0 saturated heterocycles. The minimum absolute atomic E-state index is 0.111. The van der Waals surface area contributed by atoms with E-state index < -0.39 is 0 Å². The Labute approximate surface area is 132 Å². The zero-order valence-corrected chi connectivity index (χ0v) is 13.2. The first kappa shape index (κ1) is 14.1. The van der Waals surface area contributed by atoms with Crippen LogP contribution < -0.4 is 9.47 Å². The van der Waals surface area contributed by atoms with Crippen molar-refractivity contribution in [2.45, 2.75) is 12.3 Å². The predicted molar refractivity (Wildman–Crippen MR) is 84.3 cm³/mol. The molecule has 3 nitrogen and oxygen atoms in total. The summed E-state index contributed by atoms with van der Waals surface area (Å²) < 4.78 is 11.6. The number of para-hydroxylation sites is 1. The van der Waals surface area contributed by atoms with Crippen molar-refractivity contribution in [2.75, 3.05) is 13.7 Å². The lowest BCUT2D eigenvalue weighted by Gasteiger charge is -2.25. The molecule has 1 heterocycles. The normalized spacial score (nSPS) is 16.8. The van der Waals surface area contributed by atoms with Crippen LogP contribution in [0.15, 0.2) is 46.9 Å². The third kappa shape index (κ3) is 2.68. The summed E-state index contributed by atoms with van der Waals surface area (Å²) in [6, 6.07) is 13.2. The van der Waals surface area contributed by atoms with Gasteiger partial charge in [-0.25, -0.2) is 0 Å². The summed E-state index contributed by atoms with van der Waals surface area (Å²) in [4.78, 5) is 12.9. The molecule has 0 aliphatic carbocycles. The van der Waals surface area contributed by atoms with Crippen molar-refractivity contribution in [3.63, 3.8) is 0 Å². The van der Waals surface area contributed by atoms with Crippen LogP contribution >= 0.6 is 15.9 Å². The van der Waals surface area contributed by atoms with Gasteiger partial charge in [-0.1, -0.05) is 18.2 Å². The molecule has 3 rings (SSSR count). The molecule has 0 saturated carbocycles. The van der Waals surface area contributed by atoms with Crippen molar-refractivity contribution in [3.05, 3.63) is 58.1 Å². The number of benzene rings is 2. The molecule has 1 unspecified atom stereocenters. The van der Waals surface area contributed by atoms with E-state index in [0.717, 1.165) is 21.5 Å². The van der Waals surface area contributed by atoms with Gasteiger partial charge >= 0.3 is 0 Å².